The molecule has 7 nitrogen and oxygen atoms in total. The van der Waals surface area contributed by atoms with Gasteiger partial charge in [-0.3, -0.25) is 9.59 Å². The number of hydrogen-bond acceptors (Lipinski definition) is 6. The summed E-state index contributed by atoms with van der Waals surface area (Å²) in [5.41, 5.74) is 2.67. The Labute approximate surface area is 205 Å². The first-order valence-electron chi connectivity index (χ1n) is 11.0. The Kier molecular flexibility index (Phi) is 7.90. The van der Waals surface area contributed by atoms with Crippen molar-refractivity contribution in [2.45, 2.75) is 52.7 Å². The molecule has 0 aliphatic carbocycles. The second-order valence-corrected chi connectivity index (χ2v) is 10.8. The van der Waals surface area contributed by atoms with Gasteiger partial charge in [-0.1, -0.05) is 50.2 Å². The predicted molar refractivity (Wildman–Crippen MR) is 135 cm³/mol. The minimum atomic E-state index is -0.406. The topological polar surface area (TPSA) is 78.4 Å². The number of aryl methyl sites for hydroxylation is 2. The third-order valence-electron chi connectivity index (χ3n) is 5.64. The lowest BCUT2D eigenvalue weighted by Crippen LogP contribution is -2.56. The molecule has 0 spiro atoms. The summed E-state index contributed by atoms with van der Waals surface area (Å²) < 4.78 is 0. The van der Waals surface area contributed by atoms with Gasteiger partial charge in [0, 0.05) is 42.8 Å². The number of aromatic nitrogens is 2. The smallest absolute Gasteiger partial charge is 0.234 e. The highest BCUT2D eigenvalue weighted by Crippen LogP contribution is 2.26. The minimum Gasteiger partial charge on any atom is -0.353 e. The molecule has 2 heterocycles. The zero-order chi connectivity index (χ0) is 24.3. The summed E-state index contributed by atoms with van der Waals surface area (Å²) in [5, 5.41) is 3.69. The largest absolute Gasteiger partial charge is 0.353 e. The maximum atomic E-state index is 12.7. The summed E-state index contributed by atoms with van der Waals surface area (Å²) in [6, 6.07) is 7.62. The van der Waals surface area contributed by atoms with Gasteiger partial charge < -0.3 is 15.1 Å². The summed E-state index contributed by atoms with van der Waals surface area (Å²) in [6.07, 6.45) is 0. The van der Waals surface area contributed by atoms with E-state index < -0.39 is 5.41 Å². The number of carbonyl (C=O) groups is 2. The summed E-state index contributed by atoms with van der Waals surface area (Å²) in [7, 11) is 0. The summed E-state index contributed by atoms with van der Waals surface area (Å²) in [5.74, 6) is 0.913. The van der Waals surface area contributed by atoms with Gasteiger partial charge >= 0.3 is 0 Å². The second-order valence-electron chi connectivity index (χ2n) is 9.51. The van der Waals surface area contributed by atoms with Crippen LogP contribution < -0.4 is 10.2 Å². The maximum Gasteiger partial charge on any atom is 0.234 e. The van der Waals surface area contributed by atoms with Gasteiger partial charge in [-0.25, -0.2) is 9.97 Å². The fourth-order valence-electron chi connectivity index (χ4n) is 3.66. The van der Waals surface area contributed by atoms with Crippen molar-refractivity contribution in [3.05, 3.63) is 40.5 Å². The van der Waals surface area contributed by atoms with Gasteiger partial charge in [0.1, 0.15) is 11.0 Å². The van der Waals surface area contributed by atoms with Crippen LogP contribution in [-0.2, 0) is 9.59 Å². The molecule has 1 aliphatic rings. The average molecular weight is 490 g/mol. The quantitative estimate of drug-likeness (QED) is 0.377. The van der Waals surface area contributed by atoms with Crippen LogP contribution in [0.5, 0.6) is 0 Å². The highest BCUT2D eigenvalue weighted by atomic mass is 35.5. The molecule has 0 radical (unpaired) electrons. The fourth-order valence-corrected chi connectivity index (χ4v) is 4.54. The number of rotatable bonds is 5. The van der Waals surface area contributed by atoms with Crippen molar-refractivity contribution in [3.8, 4) is 0 Å². The molecule has 2 amide bonds. The van der Waals surface area contributed by atoms with Crippen molar-refractivity contribution in [3.63, 3.8) is 0 Å². The molecule has 1 aromatic carbocycles. The number of nitrogens with one attached hydrogen (secondary N) is 1. The second kappa shape index (κ2) is 10.3. The average Bonchev–Trinajstić information content (AvgIpc) is 2.73. The van der Waals surface area contributed by atoms with Gasteiger partial charge in [-0.05, 0) is 44.0 Å². The summed E-state index contributed by atoms with van der Waals surface area (Å²) in [6.45, 7) is 13.9. The van der Waals surface area contributed by atoms with Gasteiger partial charge in [0.15, 0.2) is 5.16 Å². The third kappa shape index (κ3) is 6.60. The van der Waals surface area contributed by atoms with Crippen LogP contribution in [0.1, 0.15) is 38.8 Å². The van der Waals surface area contributed by atoms with E-state index in [-0.39, 0.29) is 23.6 Å². The molecule has 3 rings (SSSR count). The Balaban J connectivity index is 1.62. The van der Waals surface area contributed by atoms with E-state index in [0.29, 0.717) is 35.8 Å². The van der Waals surface area contributed by atoms with E-state index >= 15 is 0 Å². The SMILES string of the molecule is Cc1ccc(NC(=O)CSc2nc(Cl)cc(N3CCN(C(=O)C(C)(C)C)C(C)C3)n2)cc1C. The molecular formula is C24H32ClN5O2S. The molecule has 1 fully saturated rings. The molecule has 1 unspecified atom stereocenters. The van der Waals surface area contributed by atoms with Crippen molar-refractivity contribution in [1.82, 2.24) is 14.9 Å². The first-order chi connectivity index (χ1) is 15.4. The van der Waals surface area contributed by atoms with Gasteiger partial charge in [-0.15, -0.1) is 0 Å². The number of piperazine rings is 1. The van der Waals surface area contributed by atoms with Crippen LogP contribution >= 0.6 is 23.4 Å². The van der Waals surface area contributed by atoms with Crippen LogP contribution in [0, 0.1) is 19.3 Å². The molecule has 0 bridgehead atoms. The number of hydrogen-bond donors (Lipinski definition) is 1. The summed E-state index contributed by atoms with van der Waals surface area (Å²) in [4.78, 5) is 38.1. The molecule has 1 aliphatic heterocycles. The van der Waals surface area contributed by atoms with Crippen LogP contribution in [0.15, 0.2) is 29.4 Å². The maximum absolute atomic E-state index is 12.7. The number of halogens is 1. The Morgan fingerprint density at radius 2 is 1.88 bits per heavy atom. The Morgan fingerprint density at radius 3 is 2.52 bits per heavy atom. The van der Waals surface area contributed by atoms with Gasteiger partial charge in [-0.2, -0.15) is 0 Å². The molecule has 2 aromatic rings. The van der Waals surface area contributed by atoms with Crippen LogP contribution in [0.4, 0.5) is 11.5 Å². The first kappa shape index (κ1) is 25.3. The van der Waals surface area contributed by atoms with E-state index in [0.717, 1.165) is 11.3 Å². The van der Waals surface area contributed by atoms with Crippen molar-refractivity contribution in [2.75, 3.05) is 35.6 Å². The van der Waals surface area contributed by atoms with Crippen molar-refractivity contribution in [1.29, 1.82) is 0 Å². The van der Waals surface area contributed by atoms with E-state index in [1.807, 2.05) is 64.6 Å². The van der Waals surface area contributed by atoms with Crippen molar-refractivity contribution < 1.29 is 9.59 Å². The Hall–Kier alpha value is -2.32. The molecule has 33 heavy (non-hydrogen) atoms. The van der Waals surface area contributed by atoms with Gasteiger partial charge in [0.05, 0.1) is 5.75 Å². The predicted octanol–water partition coefficient (Wildman–Crippen LogP) is 4.56. The monoisotopic (exact) mass is 489 g/mol. The molecule has 1 aromatic heterocycles. The van der Waals surface area contributed by atoms with Crippen LogP contribution in [0.3, 0.4) is 0 Å². The normalized spacial score (nSPS) is 16.6. The molecule has 9 heteroatoms. The van der Waals surface area contributed by atoms with Crippen molar-refractivity contribution >= 4 is 46.7 Å². The Bertz CT molecular complexity index is 1040. The third-order valence-corrected chi connectivity index (χ3v) is 6.68. The fraction of sp³-hybridized carbons (Fsp3) is 0.500. The van der Waals surface area contributed by atoms with Gasteiger partial charge in [0.25, 0.3) is 0 Å². The number of thioether (sulfide) groups is 1. The molecule has 178 valence electrons. The number of benzene rings is 1. The lowest BCUT2D eigenvalue weighted by Gasteiger charge is -2.42. The first-order valence-corrected chi connectivity index (χ1v) is 12.4. The summed E-state index contributed by atoms with van der Waals surface area (Å²) >= 11 is 7.51. The highest BCUT2D eigenvalue weighted by molar-refractivity contribution is 7.99. The number of amides is 2. The zero-order valence-corrected chi connectivity index (χ0v) is 21.7. The van der Waals surface area contributed by atoms with E-state index in [9.17, 15) is 9.59 Å². The van der Waals surface area contributed by atoms with Crippen LogP contribution in [0.25, 0.3) is 0 Å². The Morgan fingerprint density at radius 1 is 1.15 bits per heavy atom. The van der Waals surface area contributed by atoms with E-state index in [4.69, 9.17) is 11.6 Å². The van der Waals surface area contributed by atoms with E-state index in [1.165, 1.54) is 17.3 Å². The molecular weight excluding hydrogens is 458 g/mol. The van der Waals surface area contributed by atoms with Crippen molar-refractivity contribution in [2.24, 2.45) is 5.41 Å². The number of anilines is 2. The lowest BCUT2D eigenvalue weighted by atomic mass is 9.93. The number of nitrogens with zero attached hydrogens (tertiary/aromatic N) is 4. The van der Waals surface area contributed by atoms with Crippen LogP contribution in [0.2, 0.25) is 5.15 Å². The van der Waals surface area contributed by atoms with Crippen LogP contribution in [-0.4, -0.2) is 58.1 Å². The highest BCUT2D eigenvalue weighted by Gasteiger charge is 2.34. The van der Waals surface area contributed by atoms with E-state index in [2.05, 4.69) is 20.2 Å². The zero-order valence-electron chi connectivity index (χ0n) is 20.1. The minimum absolute atomic E-state index is 0.0547. The molecule has 1 saturated heterocycles. The lowest BCUT2D eigenvalue weighted by molar-refractivity contribution is -0.142. The van der Waals surface area contributed by atoms with Gasteiger partial charge in [0.2, 0.25) is 11.8 Å². The van der Waals surface area contributed by atoms with E-state index in [1.54, 1.807) is 6.07 Å². The standard InChI is InChI=1S/C24H32ClN5O2S/c1-15-7-8-18(11-16(15)2)26-21(31)14-33-23-27-19(25)12-20(28-23)29-9-10-30(17(3)13-29)22(32)24(4,5)6/h7-8,11-12,17H,9-10,13-14H2,1-6H3,(H,26,31). The molecule has 1 atom stereocenters. The molecule has 1 N–H and O–H groups in total. The number of carbonyl (C=O) groups excluding carboxylic acids is 2. The molecule has 0 saturated carbocycles.